The number of nitrogens with zero attached hydrogens (tertiary/aromatic N) is 2. The van der Waals surface area contributed by atoms with Crippen molar-refractivity contribution in [2.45, 2.75) is 52.3 Å². The summed E-state index contributed by atoms with van der Waals surface area (Å²) in [7, 11) is 0. The van der Waals surface area contributed by atoms with Crippen molar-refractivity contribution in [1.82, 2.24) is 10.2 Å². The molecule has 3 aliphatic heterocycles. The molecule has 7 nitrogen and oxygen atoms in total. The Kier molecular flexibility index (Phi) is 6.31. The molecule has 3 heterocycles. The van der Waals surface area contributed by atoms with E-state index < -0.39 is 11.6 Å². The van der Waals surface area contributed by atoms with Crippen LogP contribution >= 0.6 is 0 Å². The van der Waals surface area contributed by atoms with Crippen LogP contribution in [0.25, 0.3) is 0 Å². The van der Waals surface area contributed by atoms with Gasteiger partial charge >= 0.3 is 5.97 Å². The first-order valence-electron chi connectivity index (χ1n) is 10.2. The highest BCUT2D eigenvalue weighted by molar-refractivity contribution is 5.93. The zero-order valence-electron chi connectivity index (χ0n) is 18.0. The van der Waals surface area contributed by atoms with Crippen molar-refractivity contribution in [3.8, 4) is 0 Å². The zero-order chi connectivity index (χ0) is 21.2. The first-order chi connectivity index (χ1) is 13.7. The maximum Gasteiger partial charge on any atom is 0.337 e. The minimum absolute atomic E-state index is 0.159. The van der Waals surface area contributed by atoms with Crippen LogP contribution in [0.3, 0.4) is 0 Å². The van der Waals surface area contributed by atoms with Crippen LogP contribution in [0.4, 0.5) is 0 Å². The van der Waals surface area contributed by atoms with E-state index in [2.05, 4.69) is 37.6 Å². The fourth-order valence-electron chi connectivity index (χ4n) is 4.15. The van der Waals surface area contributed by atoms with Gasteiger partial charge in [0.15, 0.2) is 0 Å². The Hall–Kier alpha value is -1.96. The number of aliphatic imine (C=N–C) groups is 1. The van der Waals surface area contributed by atoms with Crippen molar-refractivity contribution in [3.05, 3.63) is 35.1 Å². The maximum absolute atomic E-state index is 11.6. The van der Waals surface area contributed by atoms with Crippen LogP contribution in [-0.4, -0.2) is 67.0 Å². The third-order valence-electron chi connectivity index (χ3n) is 6.13. The smallest absolute Gasteiger partial charge is 0.337 e. The Morgan fingerprint density at radius 2 is 2.14 bits per heavy atom. The van der Waals surface area contributed by atoms with Crippen molar-refractivity contribution in [2.24, 2.45) is 10.4 Å². The summed E-state index contributed by atoms with van der Waals surface area (Å²) in [5, 5.41) is 12.4. The monoisotopic (exact) mass is 403 g/mol. The van der Waals surface area contributed by atoms with Gasteiger partial charge in [-0.2, -0.15) is 0 Å². The van der Waals surface area contributed by atoms with Gasteiger partial charge in [0, 0.05) is 31.1 Å². The second kappa shape index (κ2) is 8.42. The van der Waals surface area contributed by atoms with E-state index in [-0.39, 0.29) is 17.1 Å². The molecular formula is C22H33N3O4. The molecule has 3 aliphatic rings. The van der Waals surface area contributed by atoms with E-state index in [0.29, 0.717) is 12.0 Å². The quantitative estimate of drug-likeness (QED) is 0.710. The summed E-state index contributed by atoms with van der Waals surface area (Å²) in [5.74, 6) is -0.994. The molecule has 0 aromatic heterocycles. The molecule has 2 N–H and O–H groups in total. The maximum atomic E-state index is 11.6. The van der Waals surface area contributed by atoms with Gasteiger partial charge in [-0.05, 0) is 31.4 Å². The number of nitrogens with one attached hydrogen (secondary N) is 1. The van der Waals surface area contributed by atoms with E-state index in [1.54, 1.807) is 6.34 Å². The number of carbonyl (C=O) groups is 1. The lowest BCUT2D eigenvalue weighted by atomic mass is 9.88. The summed E-state index contributed by atoms with van der Waals surface area (Å²) in [6, 6.07) is 0. The second-order valence-corrected chi connectivity index (χ2v) is 8.91. The highest BCUT2D eigenvalue weighted by Crippen LogP contribution is 2.35. The Balaban J connectivity index is 1.72. The van der Waals surface area contributed by atoms with E-state index in [9.17, 15) is 9.90 Å². The predicted molar refractivity (Wildman–Crippen MR) is 113 cm³/mol. The molecule has 0 aliphatic carbocycles. The fourth-order valence-corrected chi connectivity index (χ4v) is 4.15. The standard InChI is InChI=1S/C22H33N3O4/c1-6-18-15(2)7-22(5,24-14-23-8-19(16(18)3)20(26)27)25-9-17(10-25)29-13-21(4)11-28-12-21/h8,14,17H,3,6-7,9-13H2,1-2,4-5H3,(H,23,24)(H,26,27)/b18-15?,19-8+. The van der Waals surface area contributed by atoms with Gasteiger partial charge in [0.2, 0.25) is 0 Å². The molecule has 1 atom stereocenters. The van der Waals surface area contributed by atoms with E-state index in [0.717, 1.165) is 50.5 Å². The molecule has 0 radical (unpaired) electrons. The number of carboxylic acids is 1. The average molecular weight is 404 g/mol. The summed E-state index contributed by atoms with van der Waals surface area (Å²) >= 11 is 0. The van der Waals surface area contributed by atoms with Crippen molar-refractivity contribution < 1.29 is 19.4 Å². The highest BCUT2D eigenvalue weighted by Gasteiger charge is 2.43. The number of ether oxygens (including phenoxy) is 2. The molecule has 0 bridgehead atoms. The van der Waals surface area contributed by atoms with Gasteiger partial charge in [0.25, 0.3) is 0 Å². The lowest BCUT2D eigenvalue weighted by molar-refractivity contribution is -0.173. The van der Waals surface area contributed by atoms with Gasteiger partial charge in [-0.25, -0.2) is 4.79 Å². The zero-order valence-corrected chi connectivity index (χ0v) is 18.0. The number of allylic oxidation sites excluding steroid dienone is 1. The van der Waals surface area contributed by atoms with E-state index in [4.69, 9.17) is 14.5 Å². The average Bonchev–Trinajstić information content (AvgIpc) is 2.58. The van der Waals surface area contributed by atoms with Crippen LogP contribution < -0.4 is 5.32 Å². The van der Waals surface area contributed by atoms with Crippen LogP contribution in [0.1, 0.15) is 40.5 Å². The van der Waals surface area contributed by atoms with Crippen molar-refractivity contribution >= 4 is 12.3 Å². The number of hydrogen-bond acceptors (Lipinski definition) is 6. The highest BCUT2D eigenvalue weighted by atomic mass is 16.5. The number of rotatable bonds is 6. The molecular weight excluding hydrogens is 370 g/mol. The molecule has 160 valence electrons. The summed E-state index contributed by atoms with van der Waals surface area (Å²) in [6.07, 6.45) is 4.69. The van der Waals surface area contributed by atoms with E-state index in [1.165, 1.54) is 6.20 Å². The van der Waals surface area contributed by atoms with Crippen molar-refractivity contribution in [2.75, 3.05) is 32.9 Å². The van der Waals surface area contributed by atoms with Crippen LogP contribution in [-0.2, 0) is 14.3 Å². The lowest BCUT2D eigenvalue weighted by Crippen LogP contribution is -2.62. The molecule has 1 unspecified atom stereocenters. The van der Waals surface area contributed by atoms with Gasteiger partial charge in [-0.3, -0.25) is 9.89 Å². The molecule has 0 saturated carbocycles. The summed E-state index contributed by atoms with van der Waals surface area (Å²) < 4.78 is 11.4. The number of aliphatic carboxylic acids is 1. The molecule has 0 spiro atoms. The second-order valence-electron chi connectivity index (χ2n) is 8.91. The molecule has 29 heavy (non-hydrogen) atoms. The first-order valence-corrected chi connectivity index (χ1v) is 10.2. The SMILES string of the molecule is C=C1C(CC)=C(C)CC(C)(N2CC(OCC3(C)COC3)C2)N=CN/C=C\1C(=O)O. The van der Waals surface area contributed by atoms with Crippen molar-refractivity contribution in [3.63, 3.8) is 0 Å². The molecule has 2 fully saturated rings. The van der Waals surface area contributed by atoms with E-state index >= 15 is 0 Å². The Morgan fingerprint density at radius 3 is 2.69 bits per heavy atom. The topological polar surface area (TPSA) is 83.4 Å². The van der Waals surface area contributed by atoms with Gasteiger partial charge in [0.05, 0.1) is 37.8 Å². The Labute approximate surface area is 173 Å². The van der Waals surface area contributed by atoms with Gasteiger partial charge in [-0.15, -0.1) is 0 Å². The van der Waals surface area contributed by atoms with Crippen LogP contribution in [0.2, 0.25) is 0 Å². The van der Waals surface area contributed by atoms with Crippen LogP contribution in [0.5, 0.6) is 0 Å². The normalized spacial score (nSPS) is 30.1. The largest absolute Gasteiger partial charge is 0.478 e. The lowest BCUT2D eigenvalue weighted by Gasteiger charge is -2.49. The summed E-state index contributed by atoms with van der Waals surface area (Å²) in [4.78, 5) is 18.7. The Bertz CT molecular complexity index is 760. The van der Waals surface area contributed by atoms with Crippen LogP contribution in [0.15, 0.2) is 40.1 Å². The summed E-state index contributed by atoms with van der Waals surface area (Å²) in [5.41, 5.74) is 2.57. The molecule has 2 saturated heterocycles. The summed E-state index contributed by atoms with van der Waals surface area (Å²) in [6.45, 7) is 16.4. The molecule has 0 aromatic rings. The number of likely N-dealkylation sites (tertiary alicyclic amines) is 1. The van der Waals surface area contributed by atoms with Gasteiger partial charge in [-0.1, -0.05) is 26.0 Å². The first kappa shape index (κ1) is 21.7. The van der Waals surface area contributed by atoms with Gasteiger partial charge < -0.3 is 19.9 Å². The third-order valence-corrected chi connectivity index (χ3v) is 6.13. The molecule has 7 heteroatoms. The molecule has 0 amide bonds. The Morgan fingerprint density at radius 1 is 1.45 bits per heavy atom. The third kappa shape index (κ3) is 4.63. The number of hydrogen-bond donors (Lipinski definition) is 2. The molecule has 0 aromatic carbocycles. The minimum atomic E-state index is -0.994. The molecule has 3 rings (SSSR count). The van der Waals surface area contributed by atoms with E-state index in [1.807, 2.05) is 6.92 Å². The van der Waals surface area contributed by atoms with Crippen LogP contribution in [0, 0.1) is 5.41 Å². The van der Waals surface area contributed by atoms with Crippen molar-refractivity contribution in [1.29, 1.82) is 0 Å². The number of carboxylic acid groups (broad SMARTS) is 1. The predicted octanol–water partition coefficient (Wildman–Crippen LogP) is 2.71. The minimum Gasteiger partial charge on any atom is -0.478 e. The van der Waals surface area contributed by atoms with Gasteiger partial charge in [0.1, 0.15) is 5.66 Å². The fraction of sp³-hybridized carbons (Fsp3) is 0.636.